The minimum atomic E-state index is -1.14. The average molecular weight is 453 g/mol. The molecule has 1 fully saturated rings. The Kier molecular flexibility index (Phi) is 5.25. The summed E-state index contributed by atoms with van der Waals surface area (Å²) in [4.78, 5) is 16.4. The Morgan fingerprint density at radius 1 is 1.24 bits per heavy atom. The highest BCUT2D eigenvalue weighted by molar-refractivity contribution is 5.95. The zero-order valence-electron chi connectivity index (χ0n) is 18.0. The van der Waals surface area contributed by atoms with Crippen LogP contribution in [0.3, 0.4) is 0 Å². The number of nitrogens with one attached hydrogen (secondary N) is 2. The normalized spacial score (nSPS) is 15.8. The van der Waals surface area contributed by atoms with Gasteiger partial charge in [-0.05, 0) is 31.2 Å². The van der Waals surface area contributed by atoms with E-state index in [1.165, 1.54) is 23.8 Å². The van der Waals surface area contributed by atoms with Gasteiger partial charge in [-0.3, -0.25) is 9.48 Å². The summed E-state index contributed by atoms with van der Waals surface area (Å²) < 4.78 is 38.3. The number of aryl methyl sites for hydroxylation is 1. The summed E-state index contributed by atoms with van der Waals surface area (Å²) in [7, 11) is 3.22. The fourth-order valence-corrected chi connectivity index (χ4v) is 3.87. The topological polar surface area (TPSA) is 98.4 Å². The molecule has 4 heterocycles. The van der Waals surface area contributed by atoms with Gasteiger partial charge in [-0.2, -0.15) is 5.10 Å². The van der Waals surface area contributed by atoms with Crippen molar-refractivity contribution >= 4 is 11.6 Å². The van der Waals surface area contributed by atoms with Crippen LogP contribution < -0.4 is 15.4 Å². The first-order valence-corrected chi connectivity index (χ1v) is 10.4. The number of hydrogen-bond donors (Lipinski definition) is 2. The molecule has 4 aromatic rings. The number of nitrogens with zero attached hydrogens (tertiary/aromatic N) is 5. The number of carbonyl (C=O) groups is 1. The summed E-state index contributed by atoms with van der Waals surface area (Å²) in [5.41, 5.74) is 1.94. The van der Waals surface area contributed by atoms with Crippen LogP contribution in [0.4, 0.5) is 8.78 Å². The zero-order valence-corrected chi connectivity index (χ0v) is 18.0. The third kappa shape index (κ3) is 3.80. The Morgan fingerprint density at radius 3 is 2.79 bits per heavy atom. The lowest BCUT2D eigenvalue weighted by atomic mass is 10.1. The van der Waals surface area contributed by atoms with Crippen molar-refractivity contribution < 1.29 is 18.3 Å². The van der Waals surface area contributed by atoms with Gasteiger partial charge in [0.05, 0.1) is 23.7 Å². The lowest BCUT2D eigenvalue weighted by molar-refractivity contribution is 0.0962. The fraction of sp³-hybridized carbons (Fsp3) is 0.273. The number of fused-ring (bicyclic) bond motifs is 1. The number of amides is 1. The van der Waals surface area contributed by atoms with Gasteiger partial charge in [0.15, 0.2) is 17.3 Å². The van der Waals surface area contributed by atoms with E-state index in [0.29, 0.717) is 23.6 Å². The quantitative estimate of drug-likeness (QED) is 0.481. The fourth-order valence-electron chi connectivity index (χ4n) is 3.87. The van der Waals surface area contributed by atoms with Crippen LogP contribution in [0.1, 0.15) is 16.8 Å². The Bertz CT molecular complexity index is 1360. The lowest BCUT2D eigenvalue weighted by Gasteiger charge is -2.15. The molecule has 0 spiro atoms. The Morgan fingerprint density at radius 2 is 2.09 bits per heavy atom. The van der Waals surface area contributed by atoms with E-state index in [9.17, 15) is 13.6 Å². The van der Waals surface area contributed by atoms with E-state index in [2.05, 4.69) is 25.8 Å². The molecule has 1 aliphatic rings. The molecule has 5 rings (SSSR count). The Hall–Kier alpha value is -3.86. The summed E-state index contributed by atoms with van der Waals surface area (Å²) in [6.45, 7) is 1.51. The maximum absolute atomic E-state index is 14.8. The number of rotatable bonds is 5. The SMILES string of the molecule is CNC(=O)c1cc(F)c(F)c(-c2cnc3cc(-c4cnn(C)c4)c(OC4CCNC4)nn23)c1. The highest BCUT2D eigenvalue weighted by Gasteiger charge is 2.23. The molecule has 0 radical (unpaired) electrons. The van der Waals surface area contributed by atoms with Gasteiger partial charge in [0, 0.05) is 43.5 Å². The number of ether oxygens (including phenoxy) is 1. The van der Waals surface area contributed by atoms with Gasteiger partial charge >= 0.3 is 0 Å². The van der Waals surface area contributed by atoms with E-state index in [1.54, 1.807) is 24.0 Å². The largest absolute Gasteiger partial charge is 0.471 e. The highest BCUT2D eigenvalue weighted by Crippen LogP contribution is 2.33. The second kappa shape index (κ2) is 8.24. The molecule has 1 amide bonds. The molecule has 170 valence electrons. The van der Waals surface area contributed by atoms with Crippen LogP contribution in [0.5, 0.6) is 5.88 Å². The molecule has 0 bridgehead atoms. The summed E-state index contributed by atoms with van der Waals surface area (Å²) in [5.74, 6) is -2.44. The van der Waals surface area contributed by atoms with Gasteiger partial charge in [0.2, 0.25) is 5.88 Å². The number of halogens is 2. The maximum Gasteiger partial charge on any atom is 0.251 e. The van der Waals surface area contributed by atoms with E-state index in [0.717, 1.165) is 24.6 Å². The van der Waals surface area contributed by atoms with Crippen molar-refractivity contribution in [2.75, 3.05) is 20.1 Å². The molecule has 33 heavy (non-hydrogen) atoms. The monoisotopic (exact) mass is 453 g/mol. The van der Waals surface area contributed by atoms with Gasteiger partial charge in [-0.25, -0.2) is 18.3 Å². The van der Waals surface area contributed by atoms with Crippen molar-refractivity contribution in [3.63, 3.8) is 0 Å². The predicted octanol–water partition coefficient (Wildman–Crippen LogP) is 2.18. The molecule has 1 atom stereocenters. The van der Waals surface area contributed by atoms with E-state index < -0.39 is 17.5 Å². The standard InChI is InChI=1S/C22H21F2N7O2/c1-25-21(32)12-5-16(20(24)17(23)6-12)18-10-27-19-7-15(13-8-28-30(2)11-13)22(29-31(18)19)33-14-3-4-26-9-14/h5-8,10-11,14,26H,3-4,9H2,1-2H3,(H,25,32). The molecular formula is C22H21F2N7O2. The van der Waals surface area contributed by atoms with E-state index >= 15 is 0 Å². The van der Waals surface area contributed by atoms with Crippen molar-refractivity contribution in [2.45, 2.75) is 12.5 Å². The van der Waals surface area contributed by atoms with Crippen molar-refractivity contribution in [2.24, 2.45) is 7.05 Å². The first-order chi connectivity index (χ1) is 15.9. The maximum atomic E-state index is 14.8. The third-order valence-electron chi connectivity index (χ3n) is 5.56. The summed E-state index contributed by atoms with van der Waals surface area (Å²) in [6.07, 6.45) is 5.65. The van der Waals surface area contributed by atoms with E-state index in [1.807, 2.05) is 6.20 Å². The summed E-state index contributed by atoms with van der Waals surface area (Å²) in [6, 6.07) is 3.90. The summed E-state index contributed by atoms with van der Waals surface area (Å²) >= 11 is 0. The van der Waals surface area contributed by atoms with Crippen LogP contribution in [-0.4, -0.2) is 56.5 Å². The zero-order chi connectivity index (χ0) is 23.1. The molecule has 2 N–H and O–H groups in total. The average Bonchev–Trinajstić information content (AvgIpc) is 3.56. The van der Waals surface area contributed by atoms with Crippen molar-refractivity contribution in [3.05, 3.63) is 54.0 Å². The number of hydrogen-bond acceptors (Lipinski definition) is 6. The molecule has 1 unspecified atom stereocenters. The minimum absolute atomic E-state index is 0.0122. The van der Waals surface area contributed by atoms with E-state index in [4.69, 9.17) is 4.74 Å². The van der Waals surface area contributed by atoms with Gasteiger partial charge in [-0.15, -0.1) is 5.10 Å². The second-order valence-corrected chi connectivity index (χ2v) is 7.81. The van der Waals surface area contributed by atoms with Crippen LogP contribution in [0.2, 0.25) is 0 Å². The first kappa shape index (κ1) is 21.0. The van der Waals surface area contributed by atoms with Crippen LogP contribution in [0, 0.1) is 11.6 Å². The smallest absolute Gasteiger partial charge is 0.251 e. The van der Waals surface area contributed by atoms with Crippen LogP contribution in [0.15, 0.2) is 36.8 Å². The van der Waals surface area contributed by atoms with Crippen molar-refractivity contribution in [1.82, 2.24) is 35.0 Å². The Balaban J connectivity index is 1.68. The Labute approximate surface area is 187 Å². The summed E-state index contributed by atoms with van der Waals surface area (Å²) in [5, 5.41) is 14.5. The molecule has 1 aromatic carbocycles. The lowest BCUT2D eigenvalue weighted by Crippen LogP contribution is -2.21. The third-order valence-corrected chi connectivity index (χ3v) is 5.56. The van der Waals surface area contributed by atoms with Crippen molar-refractivity contribution in [1.29, 1.82) is 0 Å². The number of carbonyl (C=O) groups excluding carboxylic acids is 1. The highest BCUT2D eigenvalue weighted by atomic mass is 19.2. The molecule has 0 aliphatic carbocycles. The molecular weight excluding hydrogens is 432 g/mol. The first-order valence-electron chi connectivity index (χ1n) is 10.4. The molecule has 1 aliphatic heterocycles. The number of benzene rings is 1. The molecule has 3 aromatic heterocycles. The molecule has 0 saturated carbocycles. The number of aromatic nitrogens is 5. The van der Waals surface area contributed by atoms with Crippen LogP contribution in [-0.2, 0) is 7.05 Å². The second-order valence-electron chi connectivity index (χ2n) is 7.81. The van der Waals surface area contributed by atoms with Gasteiger partial charge in [0.25, 0.3) is 5.91 Å². The predicted molar refractivity (Wildman–Crippen MR) is 116 cm³/mol. The molecule has 9 nitrogen and oxygen atoms in total. The molecule has 1 saturated heterocycles. The van der Waals surface area contributed by atoms with Crippen LogP contribution >= 0.6 is 0 Å². The van der Waals surface area contributed by atoms with Crippen molar-refractivity contribution in [3.8, 4) is 28.3 Å². The minimum Gasteiger partial charge on any atom is -0.471 e. The van der Waals surface area contributed by atoms with E-state index in [-0.39, 0.29) is 22.9 Å². The van der Waals surface area contributed by atoms with Gasteiger partial charge in [0.1, 0.15) is 6.10 Å². The van der Waals surface area contributed by atoms with Gasteiger partial charge < -0.3 is 15.4 Å². The van der Waals surface area contributed by atoms with Gasteiger partial charge in [-0.1, -0.05) is 0 Å². The molecule has 11 heteroatoms. The number of imidazole rings is 1. The van der Waals surface area contributed by atoms with Crippen LogP contribution in [0.25, 0.3) is 28.0 Å².